The molecule has 1 spiro atoms. The molecule has 1 nitrogen and oxygen atoms in total. The van der Waals surface area contributed by atoms with E-state index >= 15 is 0 Å². The second-order valence-corrected chi connectivity index (χ2v) is 5.23. The molecular weight excluding hydrogens is 208 g/mol. The van der Waals surface area contributed by atoms with Gasteiger partial charge in [-0.2, -0.15) is 0 Å². The number of carbonyl (C=O) groups is 1. The molecule has 0 bridgehead atoms. The predicted molar refractivity (Wildman–Crippen MR) is 69.9 cm³/mol. The molecule has 0 unspecified atom stereocenters. The van der Waals surface area contributed by atoms with Gasteiger partial charge in [-0.05, 0) is 30.4 Å². The highest BCUT2D eigenvalue weighted by molar-refractivity contribution is 5.81. The van der Waals surface area contributed by atoms with Gasteiger partial charge >= 0.3 is 0 Å². The SMILES string of the molecule is CCC1=Cc2ccccc2C12CCC(=O)CC2. The average Bonchev–Trinajstić information content (AvgIpc) is 2.68. The summed E-state index contributed by atoms with van der Waals surface area (Å²) in [5, 5.41) is 0. The minimum Gasteiger partial charge on any atom is -0.300 e. The first-order valence-electron chi connectivity index (χ1n) is 6.58. The van der Waals surface area contributed by atoms with E-state index in [-0.39, 0.29) is 5.41 Å². The minimum atomic E-state index is 0.194. The normalized spacial score (nSPS) is 21.5. The summed E-state index contributed by atoms with van der Waals surface area (Å²) in [6, 6.07) is 8.69. The van der Waals surface area contributed by atoms with Crippen LogP contribution in [0.25, 0.3) is 6.08 Å². The molecule has 0 amide bonds. The fourth-order valence-electron chi connectivity index (χ4n) is 3.54. The molecular formula is C16H18O. The lowest BCUT2D eigenvalue weighted by atomic mass is 9.66. The van der Waals surface area contributed by atoms with E-state index in [9.17, 15) is 4.79 Å². The minimum absolute atomic E-state index is 0.194. The molecule has 0 aromatic heterocycles. The largest absolute Gasteiger partial charge is 0.300 e. The van der Waals surface area contributed by atoms with Crippen LogP contribution >= 0.6 is 0 Å². The van der Waals surface area contributed by atoms with Crippen molar-refractivity contribution in [3.05, 3.63) is 41.0 Å². The summed E-state index contributed by atoms with van der Waals surface area (Å²) >= 11 is 0. The van der Waals surface area contributed by atoms with Gasteiger partial charge in [-0.3, -0.25) is 4.79 Å². The fraction of sp³-hybridized carbons (Fsp3) is 0.438. The van der Waals surface area contributed by atoms with E-state index in [1.165, 1.54) is 16.7 Å². The summed E-state index contributed by atoms with van der Waals surface area (Å²) in [4.78, 5) is 11.5. The van der Waals surface area contributed by atoms with Gasteiger partial charge in [-0.1, -0.05) is 42.8 Å². The standard InChI is InChI=1S/C16H18O/c1-2-13-11-12-5-3-4-6-15(12)16(13)9-7-14(17)8-10-16/h3-6,11H,2,7-10H2,1H3. The van der Waals surface area contributed by atoms with Crippen molar-refractivity contribution in [1.82, 2.24) is 0 Å². The summed E-state index contributed by atoms with van der Waals surface area (Å²) in [5.74, 6) is 0.440. The summed E-state index contributed by atoms with van der Waals surface area (Å²) in [5.41, 5.74) is 4.56. The number of rotatable bonds is 1. The summed E-state index contributed by atoms with van der Waals surface area (Å²) < 4.78 is 0. The zero-order valence-corrected chi connectivity index (χ0v) is 10.3. The van der Waals surface area contributed by atoms with Gasteiger partial charge < -0.3 is 0 Å². The lowest BCUT2D eigenvalue weighted by Crippen LogP contribution is -2.32. The molecule has 2 aliphatic rings. The van der Waals surface area contributed by atoms with Crippen molar-refractivity contribution in [3.8, 4) is 0 Å². The Balaban J connectivity index is 2.08. The number of fused-ring (bicyclic) bond motifs is 2. The molecule has 0 saturated heterocycles. The maximum Gasteiger partial charge on any atom is 0.133 e. The van der Waals surface area contributed by atoms with Crippen LogP contribution in [-0.4, -0.2) is 5.78 Å². The van der Waals surface area contributed by atoms with Crippen LogP contribution in [0.3, 0.4) is 0 Å². The van der Waals surface area contributed by atoms with Gasteiger partial charge in [0, 0.05) is 18.3 Å². The number of ketones is 1. The van der Waals surface area contributed by atoms with Crippen molar-refractivity contribution in [2.24, 2.45) is 0 Å². The maximum atomic E-state index is 11.5. The molecule has 17 heavy (non-hydrogen) atoms. The van der Waals surface area contributed by atoms with Crippen LogP contribution in [0.1, 0.15) is 50.2 Å². The lowest BCUT2D eigenvalue weighted by molar-refractivity contribution is -0.121. The Labute approximate surface area is 103 Å². The Bertz CT molecular complexity index is 486. The van der Waals surface area contributed by atoms with E-state index in [2.05, 4.69) is 37.3 Å². The Morgan fingerprint density at radius 2 is 1.88 bits per heavy atom. The van der Waals surface area contributed by atoms with Crippen LogP contribution in [0.5, 0.6) is 0 Å². The highest BCUT2D eigenvalue weighted by Gasteiger charge is 2.42. The van der Waals surface area contributed by atoms with Gasteiger partial charge in [-0.15, -0.1) is 0 Å². The third kappa shape index (κ3) is 1.49. The van der Waals surface area contributed by atoms with Gasteiger partial charge in [0.05, 0.1) is 0 Å². The molecule has 0 heterocycles. The van der Waals surface area contributed by atoms with Gasteiger partial charge in [0.25, 0.3) is 0 Å². The van der Waals surface area contributed by atoms with Crippen molar-refractivity contribution in [1.29, 1.82) is 0 Å². The number of hydrogen-bond acceptors (Lipinski definition) is 1. The number of allylic oxidation sites excluding steroid dienone is 1. The quantitative estimate of drug-likeness (QED) is 0.710. The molecule has 0 atom stereocenters. The number of carbonyl (C=O) groups excluding carboxylic acids is 1. The van der Waals surface area contributed by atoms with Crippen LogP contribution in [-0.2, 0) is 10.2 Å². The second-order valence-electron chi connectivity index (χ2n) is 5.23. The van der Waals surface area contributed by atoms with Crippen molar-refractivity contribution in [2.75, 3.05) is 0 Å². The van der Waals surface area contributed by atoms with Crippen LogP contribution in [0.15, 0.2) is 29.8 Å². The highest BCUT2D eigenvalue weighted by atomic mass is 16.1. The molecule has 1 aromatic carbocycles. The van der Waals surface area contributed by atoms with Crippen LogP contribution in [0.4, 0.5) is 0 Å². The molecule has 1 aromatic rings. The maximum absolute atomic E-state index is 11.5. The fourth-order valence-corrected chi connectivity index (χ4v) is 3.54. The summed E-state index contributed by atoms with van der Waals surface area (Å²) in [6.45, 7) is 2.23. The molecule has 2 aliphatic carbocycles. The highest BCUT2D eigenvalue weighted by Crippen LogP contribution is 2.51. The van der Waals surface area contributed by atoms with Gasteiger partial charge in [-0.25, -0.2) is 0 Å². The van der Waals surface area contributed by atoms with Gasteiger partial charge in [0.1, 0.15) is 5.78 Å². The van der Waals surface area contributed by atoms with Crippen molar-refractivity contribution in [2.45, 2.75) is 44.4 Å². The number of Topliss-reactive ketones (excluding diaryl/α,β-unsaturated/α-hetero) is 1. The second kappa shape index (κ2) is 3.83. The molecule has 3 rings (SSSR count). The Morgan fingerprint density at radius 1 is 1.18 bits per heavy atom. The average molecular weight is 226 g/mol. The van der Waals surface area contributed by atoms with E-state index in [0.29, 0.717) is 5.78 Å². The lowest BCUT2D eigenvalue weighted by Gasteiger charge is -2.37. The molecule has 88 valence electrons. The summed E-state index contributed by atoms with van der Waals surface area (Å²) in [6.07, 6.45) is 7.00. The monoisotopic (exact) mass is 226 g/mol. The first kappa shape index (κ1) is 10.8. The van der Waals surface area contributed by atoms with Gasteiger partial charge in [0.2, 0.25) is 0 Å². The molecule has 1 heteroatoms. The van der Waals surface area contributed by atoms with Crippen molar-refractivity contribution in [3.63, 3.8) is 0 Å². The van der Waals surface area contributed by atoms with Crippen LogP contribution < -0.4 is 0 Å². The van der Waals surface area contributed by atoms with Crippen molar-refractivity contribution < 1.29 is 4.79 Å². The van der Waals surface area contributed by atoms with Crippen molar-refractivity contribution >= 4 is 11.9 Å². The predicted octanol–water partition coefficient (Wildman–Crippen LogP) is 3.87. The molecule has 0 aliphatic heterocycles. The molecule has 0 N–H and O–H groups in total. The third-order valence-corrected chi connectivity index (χ3v) is 4.46. The third-order valence-electron chi connectivity index (χ3n) is 4.46. The first-order valence-corrected chi connectivity index (χ1v) is 6.58. The van der Waals surface area contributed by atoms with E-state index in [0.717, 1.165) is 32.1 Å². The number of benzene rings is 1. The molecule has 1 saturated carbocycles. The Kier molecular flexibility index (Phi) is 2.43. The number of hydrogen-bond donors (Lipinski definition) is 0. The topological polar surface area (TPSA) is 17.1 Å². The molecule has 1 fully saturated rings. The van der Waals surface area contributed by atoms with E-state index in [1.807, 2.05) is 0 Å². The summed E-state index contributed by atoms with van der Waals surface area (Å²) in [7, 11) is 0. The van der Waals surface area contributed by atoms with E-state index < -0.39 is 0 Å². The zero-order chi connectivity index (χ0) is 11.9. The smallest absolute Gasteiger partial charge is 0.133 e. The Hall–Kier alpha value is -1.37. The molecule has 0 radical (unpaired) electrons. The first-order chi connectivity index (χ1) is 8.26. The van der Waals surface area contributed by atoms with Gasteiger partial charge in [0.15, 0.2) is 0 Å². The van der Waals surface area contributed by atoms with Crippen LogP contribution in [0, 0.1) is 0 Å². The zero-order valence-electron chi connectivity index (χ0n) is 10.3. The van der Waals surface area contributed by atoms with E-state index in [1.54, 1.807) is 0 Å². The van der Waals surface area contributed by atoms with Crippen LogP contribution in [0.2, 0.25) is 0 Å². The van der Waals surface area contributed by atoms with E-state index in [4.69, 9.17) is 0 Å². The Morgan fingerprint density at radius 3 is 2.59 bits per heavy atom.